The maximum absolute atomic E-state index is 13.0. The number of hydrogen-bond acceptors (Lipinski definition) is 5. The van der Waals surface area contributed by atoms with Gasteiger partial charge in [0.25, 0.3) is 5.91 Å². The highest BCUT2D eigenvalue weighted by Gasteiger charge is 2.41. The molecule has 1 atom stereocenters. The molecule has 2 aliphatic heterocycles. The van der Waals surface area contributed by atoms with Crippen LogP contribution in [0.2, 0.25) is 0 Å². The van der Waals surface area contributed by atoms with Gasteiger partial charge in [0.15, 0.2) is 0 Å². The van der Waals surface area contributed by atoms with Crippen molar-refractivity contribution in [1.29, 1.82) is 0 Å². The lowest BCUT2D eigenvalue weighted by Crippen LogP contribution is -2.44. The van der Waals surface area contributed by atoms with Crippen molar-refractivity contribution in [3.63, 3.8) is 0 Å². The molecule has 2 aliphatic rings. The van der Waals surface area contributed by atoms with Crippen LogP contribution in [-0.4, -0.2) is 49.9 Å². The summed E-state index contributed by atoms with van der Waals surface area (Å²) in [6, 6.07) is 7.91. The number of rotatable bonds is 7. The number of nitrogens with zero attached hydrogens (tertiary/aromatic N) is 5. The number of amides is 1. The number of benzene rings is 1. The fraction of sp³-hybridized carbons (Fsp3) is 0.435. The summed E-state index contributed by atoms with van der Waals surface area (Å²) in [6.45, 7) is 8.31. The molecule has 7 heteroatoms. The quantitative estimate of drug-likeness (QED) is 0.563. The monoisotopic (exact) mass is 421 g/mol. The summed E-state index contributed by atoms with van der Waals surface area (Å²) in [5.74, 6) is 0.117. The third-order valence-electron chi connectivity index (χ3n) is 6.01. The van der Waals surface area contributed by atoms with Gasteiger partial charge in [0.2, 0.25) is 0 Å². The molecule has 0 unspecified atom stereocenters. The van der Waals surface area contributed by atoms with Crippen LogP contribution in [0, 0.1) is 0 Å². The van der Waals surface area contributed by atoms with Gasteiger partial charge in [-0.15, -0.1) is 11.3 Å². The number of carbonyl (C=O) groups excluding carboxylic acids is 1. The van der Waals surface area contributed by atoms with Crippen molar-refractivity contribution in [2.45, 2.75) is 45.7 Å². The molecule has 1 fully saturated rings. The lowest BCUT2D eigenvalue weighted by Gasteiger charge is -2.39. The van der Waals surface area contributed by atoms with Crippen molar-refractivity contribution in [1.82, 2.24) is 24.3 Å². The predicted molar refractivity (Wildman–Crippen MR) is 119 cm³/mol. The Balaban J connectivity index is 1.52. The van der Waals surface area contributed by atoms with E-state index in [-0.39, 0.29) is 11.9 Å². The summed E-state index contributed by atoms with van der Waals surface area (Å²) in [7, 11) is 0. The van der Waals surface area contributed by atoms with Crippen molar-refractivity contribution >= 4 is 17.2 Å². The number of carbonyl (C=O) groups is 1. The molecular formula is C23H27N5OS. The maximum atomic E-state index is 13.0. The molecule has 1 saturated heterocycles. The molecule has 2 aromatic heterocycles. The van der Waals surface area contributed by atoms with Gasteiger partial charge in [0.05, 0.1) is 28.7 Å². The predicted octanol–water partition coefficient (Wildman–Crippen LogP) is 4.52. The average Bonchev–Trinajstić information content (AvgIpc) is 3.33. The SMILES string of the molecule is CCCN(CCC)Cc1csc(-c2ncn3c2[C@@H]2CCN2C(=O)c2ccccc2-3)n1. The third-order valence-corrected chi connectivity index (χ3v) is 6.91. The van der Waals surface area contributed by atoms with E-state index in [9.17, 15) is 4.79 Å². The van der Waals surface area contributed by atoms with Crippen LogP contribution in [0.15, 0.2) is 36.0 Å². The number of hydrogen-bond donors (Lipinski definition) is 0. The zero-order valence-corrected chi connectivity index (χ0v) is 18.4. The first-order valence-corrected chi connectivity index (χ1v) is 11.7. The molecule has 4 heterocycles. The Bertz CT molecular complexity index is 1070. The highest BCUT2D eigenvalue weighted by atomic mass is 32.1. The van der Waals surface area contributed by atoms with Crippen molar-refractivity contribution in [3.05, 3.63) is 52.9 Å². The summed E-state index contributed by atoms with van der Waals surface area (Å²) in [5.41, 5.74) is 4.79. The summed E-state index contributed by atoms with van der Waals surface area (Å²) in [4.78, 5) is 27.2. The van der Waals surface area contributed by atoms with Crippen LogP contribution in [0.1, 0.15) is 60.9 Å². The summed E-state index contributed by atoms with van der Waals surface area (Å²) >= 11 is 1.66. The van der Waals surface area contributed by atoms with Crippen LogP contribution in [0.4, 0.5) is 0 Å². The Kier molecular flexibility index (Phi) is 5.16. The summed E-state index contributed by atoms with van der Waals surface area (Å²) in [5, 5.41) is 3.11. The number of imidazole rings is 1. The highest BCUT2D eigenvalue weighted by Crippen LogP contribution is 2.43. The Labute approximate surface area is 181 Å². The van der Waals surface area contributed by atoms with Gasteiger partial charge in [-0.05, 0) is 44.5 Å². The lowest BCUT2D eigenvalue weighted by molar-refractivity contribution is 0.0461. The molecule has 0 bridgehead atoms. The normalized spacial score (nSPS) is 17.4. The summed E-state index contributed by atoms with van der Waals surface area (Å²) < 4.78 is 2.11. The smallest absolute Gasteiger partial charge is 0.256 e. The fourth-order valence-electron chi connectivity index (χ4n) is 4.59. The molecule has 156 valence electrons. The second-order valence-corrected chi connectivity index (χ2v) is 8.95. The first-order valence-electron chi connectivity index (χ1n) is 10.9. The molecule has 1 amide bonds. The van der Waals surface area contributed by atoms with Gasteiger partial charge in [-0.25, -0.2) is 9.97 Å². The fourth-order valence-corrected chi connectivity index (χ4v) is 5.40. The first-order chi connectivity index (χ1) is 14.7. The standard InChI is InChI=1S/C23H27N5OS/c1-3-10-26(11-4-2)13-16-14-30-22(25-16)20-21-19-9-12-27(19)23(29)17-7-5-6-8-18(17)28(21)15-24-20/h5-8,14-15,19H,3-4,9-13H2,1-2H3/t19-/m0/s1. The van der Waals surface area contributed by atoms with Crippen molar-refractivity contribution in [2.75, 3.05) is 19.6 Å². The third kappa shape index (κ3) is 3.17. The lowest BCUT2D eigenvalue weighted by atomic mass is 9.97. The highest BCUT2D eigenvalue weighted by molar-refractivity contribution is 7.13. The molecule has 0 N–H and O–H groups in total. The van der Waals surface area contributed by atoms with E-state index in [1.54, 1.807) is 11.3 Å². The molecule has 0 radical (unpaired) electrons. The van der Waals surface area contributed by atoms with Gasteiger partial charge < -0.3 is 4.90 Å². The van der Waals surface area contributed by atoms with Gasteiger partial charge in [-0.2, -0.15) is 0 Å². The van der Waals surface area contributed by atoms with E-state index in [1.165, 1.54) is 0 Å². The number of aromatic nitrogens is 3. The Hall–Kier alpha value is -2.51. The second kappa shape index (κ2) is 7.96. The van der Waals surface area contributed by atoms with Gasteiger partial charge in [0, 0.05) is 18.5 Å². The van der Waals surface area contributed by atoms with Crippen LogP contribution in [-0.2, 0) is 6.54 Å². The first kappa shape index (κ1) is 19.5. The van der Waals surface area contributed by atoms with Gasteiger partial charge in [-0.3, -0.25) is 14.3 Å². The number of para-hydroxylation sites is 1. The van der Waals surface area contributed by atoms with E-state index in [1.807, 2.05) is 35.5 Å². The minimum atomic E-state index is 0.0754. The molecule has 6 nitrogen and oxygen atoms in total. The molecule has 0 spiro atoms. The van der Waals surface area contributed by atoms with E-state index in [0.717, 1.165) is 78.8 Å². The van der Waals surface area contributed by atoms with Crippen molar-refractivity contribution in [3.8, 4) is 16.4 Å². The van der Waals surface area contributed by atoms with Crippen LogP contribution in [0.5, 0.6) is 0 Å². The van der Waals surface area contributed by atoms with Crippen molar-refractivity contribution < 1.29 is 4.79 Å². The molecule has 30 heavy (non-hydrogen) atoms. The Morgan fingerprint density at radius 3 is 2.73 bits per heavy atom. The van der Waals surface area contributed by atoms with Crippen molar-refractivity contribution in [2.24, 2.45) is 0 Å². The van der Waals surface area contributed by atoms with E-state index < -0.39 is 0 Å². The maximum Gasteiger partial charge on any atom is 0.256 e. The van der Waals surface area contributed by atoms with E-state index in [2.05, 4.69) is 28.7 Å². The zero-order valence-electron chi connectivity index (χ0n) is 17.5. The minimum Gasteiger partial charge on any atom is -0.330 e. The average molecular weight is 422 g/mol. The van der Waals surface area contributed by atoms with Gasteiger partial charge in [0.1, 0.15) is 17.0 Å². The van der Waals surface area contributed by atoms with Crippen LogP contribution in [0.25, 0.3) is 16.4 Å². The molecule has 3 aromatic rings. The topological polar surface area (TPSA) is 54.3 Å². The molecule has 0 aliphatic carbocycles. The molecular weight excluding hydrogens is 394 g/mol. The van der Waals surface area contributed by atoms with E-state index in [4.69, 9.17) is 9.97 Å². The van der Waals surface area contributed by atoms with Crippen LogP contribution in [0.3, 0.4) is 0 Å². The Morgan fingerprint density at radius 1 is 1.20 bits per heavy atom. The number of fused-ring (bicyclic) bond motifs is 5. The van der Waals surface area contributed by atoms with Gasteiger partial charge >= 0.3 is 0 Å². The molecule has 0 saturated carbocycles. The van der Waals surface area contributed by atoms with Gasteiger partial charge in [-0.1, -0.05) is 26.0 Å². The zero-order chi connectivity index (χ0) is 20.7. The van der Waals surface area contributed by atoms with Crippen LogP contribution >= 0.6 is 11.3 Å². The van der Waals surface area contributed by atoms with Crippen LogP contribution < -0.4 is 0 Å². The second-order valence-electron chi connectivity index (χ2n) is 8.09. The van der Waals surface area contributed by atoms with E-state index >= 15 is 0 Å². The summed E-state index contributed by atoms with van der Waals surface area (Å²) in [6.07, 6.45) is 5.13. The molecule has 1 aromatic carbocycles. The Morgan fingerprint density at radius 2 is 2.00 bits per heavy atom. The molecule has 5 rings (SSSR count). The largest absolute Gasteiger partial charge is 0.330 e. The van der Waals surface area contributed by atoms with E-state index in [0.29, 0.717) is 0 Å². The number of thiazole rings is 1. The minimum absolute atomic E-state index is 0.0754.